The average molecular weight is 476 g/mol. The summed E-state index contributed by atoms with van der Waals surface area (Å²) in [5, 5.41) is 10.9. The molecule has 6 nitrogen and oxygen atoms in total. The molecular formula is C23H24F3N5OS. The van der Waals surface area contributed by atoms with E-state index >= 15 is 0 Å². The molecule has 2 aromatic carbocycles. The van der Waals surface area contributed by atoms with Gasteiger partial charge >= 0.3 is 0 Å². The summed E-state index contributed by atoms with van der Waals surface area (Å²) in [7, 11) is 0. The van der Waals surface area contributed by atoms with E-state index in [0.29, 0.717) is 18.2 Å². The molecule has 33 heavy (non-hydrogen) atoms. The SMILES string of the molecule is C[C@@H](Sc1nnc(CN2CCCC2)n1Cc1ccccc1)C(=O)Nc1ccc(F)c(F)c1F. The van der Waals surface area contributed by atoms with Crippen molar-refractivity contribution in [2.45, 2.75) is 43.3 Å². The van der Waals surface area contributed by atoms with Crippen molar-refractivity contribution in [3.63, 3.8) is 0 Å². The Kier molecular flexibility index (Phi) is 7.34. The Hall–Kier alpha value is -2.85. The molecule has 174 valence electrons. The Balaban J connectivity index is 1.51. The van der Waals surface area contributed by atoms with Crippen LogP contribution in [0.25, 0.3) is 0 Å². The van der Waals surface area contributed by atoms with Gasteiger partial charge in [-0.3, -0.25) is 9.69 Å². The second-order valence-corrected chi connectivity index (χ2v) is 9.23. The fraction of sp³-hybridized carbons (Fsp3) is 0.348. The van der Waals surface area contributed by atoms with Gasteiger partial charge in [-0.05, 0) is 50.6 Å². The zero-order valence-corrected chi connectivity index (χ0v) is 18.9. The minimum absolute atomic E-state index is 0.410. The van der Waals surface area contributed by atoms with Gasteiger partial charge in [0.05, 0.1) is 24.0 Å². The van der Waals surface area contributed by atoms with Gasteiger partial charge in [-0.2, -0.15) is 0 Å². The van der Waals surface area contributed by atoms with Crippen LogP contribution in [-0.2, 0) is 17.9 Å². The Morgan fingerprint density at radius 2 is 1.76 bits per heavy atom. The maximum atomic E-state index is 13.9. The number of rotatable bonds is 8. The van der Waals surface area contributed by atoms with Crippen molar-refractivity contribution in [2.75, 3.05) is 18.4 Å². The first kappa shape index (κ1) is 23.3. The summed E-state index contributed by atoms with van der Waals surface area (Å²) in [5.41, 5.74) is 0.662. The van der Waals surface area contributed by atoms with Crippen LogP contribution in [-0.4, -0.2) is 43.9 Å². The summed E-state index contributed by atoms with van der Waals surface area (Å²) < 4.78 is 42.6. The lowest BCUT2D eigenvalue weighted by molar-refractivity contribution is -0.115. The normalized spacial score (nSPS) is 15.0. The molecule has 1 aliphatic rings. The van der Waals surface area contributed by atoms with Crippen molar-refractivity contribution >= 4 is 23.4 Å². The standard InChI is InChI=1S/C23H24F3N5OS/c1-15(22(32)27-18-10-9-17(24)20(25)21(18)26)33-23-29-28-19(14-30-11-5-6-12-30)31(23)13-16-7-3-2-4-8-16/h2-4,7-10,15H,5-6,11-14H2,1H3,(H,27,32)/t15-/m1/s1. The van der Waals surface area contributed by atoms with Crippen LogP contribution in [0.1, 0.15) is 31.2 Å². The number of hydrogen-bond donors (Lipinski definition) is 1. The summed E-state index contributed by atoms with van der Waals surface area (Å²) in [4.78, 5) is 15.0. The highest BCUT2D eigenvalue weighted by molar-refractivity contribution is 8.00. The summed E-state index contributed by atoms with van der Waals surface area (Å²) in [6.07, 6.45) is 2.32. The third-order valence-electron chi connectivity index (χ3n) is 5.49. The third kappa shape index (κ3) is 5.56. The first-order valence-corrected chi connectivity index (χ1v) is 11.6. The zero-order valence-electron chi connectivity index (χ0n) is 18.1. The van der Waals surface area contributed by atoms with Gasteiger partial charge in [0.15, 0.2) is 22.6 Å². The molecule has 0 unspecified atom stereocenters. The maximum Gasteiger partial charge on any atom is 0.237 e. The highest BCUT2D eigenvalue weighted by atomic mass is 32.2. The predicted molar refractivity (Wildman–Crippen MR) is 120 cm³/mol. The maximum absolute atomic E-state index is 13.9. The van der Waals surface area contributed by atoms with Crippen LogP contribution in [0.2, 0.25) is 0 Å². The van der Waals surface area contributed by atoms with E-state index in [1.165, 1.54) is 11.8 Å². The van der Waals surface area contributed by atoms with Crippen LogP contribution in [0.4, 0.5) is 18.9 Å². The van der Waals surface area contributed by atoms with Crippen LogP contribution in [0.15, 0.2) is 47.6 Å². The molecule has 0 bridgehead atoms. The fourth-order valence-electron chi connectivity index (χ4n) is 3.66. The molecule has 1 atom stereocenters. The number of benzene rings is 2. The molecule has 0 saturated carbocycles. The second kappa shape index (κ2) is 10.4. The lowest BCUT2D eigenvalue weighted by atomic mass is 10.2. The molecule has 3 aromatic rings. The molecule has 2 heterocycles. The van der Waals surface area contributed by atoms with Crippen LogP contribution in [0.3, 0.4) is 0 Å². The number of aromatic nitrogens is 3. The lowest BCUT2D eigenvalue weighted by Crippen LogP contribution is -2.24. The highest BCUT2D eigenvalue weighted by Gasteiger charge is 2.24. The van der Waals surface area contributed by atoms with Crippen molar-refractivity contribution in [2.24, 2.45) is 0 Å². The molecule has 4 rings (SSSR count). The van der Waals surface area contributed by atoms with Gasteiger partial charge in [0, 0.05) is 0 Å². The molecule has 10 heteroatoms. The number of nitrogens with zero attached hydrogens (tertiary/aromatic N) is 4. The molecule has 1 aliphatic heterocycles. The highest BCUT2D eigenvalue weighted by Crippen LogP contribution is 2.26. The summed E-state index contributed by atoms with van der Waals surface area (Å²) in [6.45, 7) is 4.88. The molecular weight excluding hydrogens is 451 g/mol. The minimum atomic E-state index is -1.62. The van der Waals surface area contributed by atoms with Gasteiger partial charge in [0.1, 0.15) is 5.82 Å². The topological polar surface area (TPSA) is 63.1 Å². The van der Waals surface area contributed by atoms with Gasteiger partial charge in [-0.15, -0.1) is 10.2 Å². The van der Waals surface area contributed by atoms with Crippen molar-refractivity contribution in [1.82, 2.24) is 19.7 Å². The molecule has 1 fully saturated rings. The van der Waals surface area contributed by atoms with Crippen LogP contribution in [0.5, 0.6) is 0 Å². The number of amides is 1. The molecule has 1 aromatic heterocycles. The van der Waals surface area contributed by atoms with E-state index in [4.69, 9.17) is 0 Å². The minimum Gasteiger partial charge on any atom is -0.323 e. The zero-order chi connectivity index (χ0) is 23.4. The number of halogens is 3. The Morgan fingerprint density at radius 3 is 2.48 bits per heavy atom. The summed E-state index contributed by atoms with van der Waals surface area (Å²) in [5.74, 6) is -4.11. The van der Waals surface area contributed by atoms with Gasteiger partial charge in [-0.25, -0.2) is 13.2 Å². The molecule has 0 aliphatic carbocycles. The van der Waals surface area contributed by atoms with Crippen LogP contribution >= 0.6 is 11.8 Å². The van der Waals surface area contributed by atoms with Gasteiger partial charge in [-0.1, -0.05) is 42.1 Å². The van der Waals surface area contributed by atoms with E-state index in [1.54, 1.807) is 6.92 Å². The molecule has 1 N–H and O–H groups in total. The number of thioether (sulfide) groups is 1. The Labute approximate surface area is 194 Å². The van der Waals surface area contributed by atoms with Crippen LogP contribution < -0.4 is 5.32 Å². The monoisotopic (exact) mass is 475 g/mol. The van der Waals surface area contributed by atoms with Gasteiger partial charge in [0.25, 0.3) is 0 Å². The van der Waals surface area contributed by atoms with E-state index in [0.717, 1.165) is 49.5 Å². The number of nitrogens with one attached hydrogen (secondary N) is 1. The molecule has 0 spiro atoms. The number of likely N-dealkylation sites (tertiary alicyclic amines) is 1. The number of carbonyl (C=O) groups is 1. The van der Waals surface area contributed by atoms with Crippen LogP contribution in [0, 0.1) is 17.5 Å². The van der Waals surface area contributed by atoms with Crippen molar-refractivity contribution in [3.8, 4) is 0 Å². The average Bonchev–Trinajstić information content (AvgIpc) is 3.46. The molecule has 0 radical (unpaired) electrons. The number of anilines is 1. The number of carbonyl (C=O) groups excluding carboxylic acids is 1. The first-order valence-electron chi connectivity index (χ1n) is 10.7. The predicted octanol–water partition coefficient (Wildman–Crippen LogP) is 4.46. The first-order chi connectivity index (χ1) is 15.9. The Morgan fingerprint density at radius 1 is 1.03 bits per heavy atom. The van der Waals surface area contributed by atoms with E-state index in [2.05, 4.69) is 20.4 Å². The largest absolute Gasteiger partial charge is 0.323 e. The second-order valence-electron chi connectivity index (χ2n) is 7.93. The van der Waals surface area contributed by atoms with Gasteiger partial charge in [0.2, 0.25) is 5.91 Å². The molecule has 1 saturated heterocycles. The van der Waals surface area contributed by atoms with E-state index < -0.39 is 34.3 Å². The quantitative estimate of drug-likeness (QED) is 0.385. The fourth-order valence-corrected chi connectivity index (χ4v) is 4.52. The van der Waals surface area contributed by atoms with Crippen molar-refractivity contribution in [1.29, 1.82) is 0 Å². The molecule has 1 amide bonds. The van der Waals surface area contributed by atoms with E-state index in [-0.39, 0.29) is 0 Å². The van der Waals surface area contributed by atoms with Gasteiger partial charge < -0.3 is 9.88 Å². The number of hydrogen-bond acceptors (Lipinski definition) is 5. The van der Waals surface area contributed by atoms with E-state index in [9.17, 15) is 18.0 Å². The summed E-state index contributed by atoms with van der Waals surface area (Å²) >= 11 is 1.18. The Bertz CT molecular complexity index is 1120. The van der Waals surface area contributed by atoms with E-state index in [1.807, 2.05) is 34.9 Å². The smallest absolute Gasteiger partial charge is 0.237 e. The third-order valence-corrected chi connectivity index (χ3v) is 6.57. The van der Waals surface area contributed by atoms with Crippen molar-refractivity contribution in [3.05, 3.63) is 71.3 Å². The lowest BCUT2D eigenvalue weighted by Gasteiger charge is -2.17. The van der Waals surface area contributed by atoms with Crippen molar-refractivity contribution < 1.29 is 18.0 Å². The summed E-state index contributed by atoms with van der Waals surface area (Å²) in [6, 6.07) is 11.6.